The highest BCUT2D eigenvalue weighted by Gasteiger charge is 2.30. The molecule has 0 atom stereocenters. The minimum atomic E-state index is -0.723. The molecule has 0 aliphatic rings. The molecule has 3 aromatic heterocycles. The van der Waals surface area contributed by atoms with Gasteiger partial charge in [-0.15, -0.1) is 10.2 Å². The van der Waals surface area contributed by atoms with E-state index in [0.717, 1.165) is 12.1 Å². The van der Waals surface area contributed by atoms with Crippen molar-refractivity contribution < 1.29 is 13.9 Å². The molecule has 9 nitrogen and oxygen atoms in total. The lowest BCUT2D eigenvalue weighted by atomic mass is 10.1. The summed E-state index contributed by atoms with van der Waals surface area (Å²) in [5, 5.41) is 8.24. The number of para-hydroxylation sites is 1. The maximum absolute atomic E-state index is 13.8. The number of anilines is 1. The Morgan fingerprint density at radius 1 is 1.12 bits per heavy atom. The number of aromatic nitrogens is 4. The van der Waals surface area contributed by atoms with Crippen LogP contribution in [0.4, 0.5) is 10.5 Å². The van der Waals surface area contributed by atoms with Crippen molar-refractivity contribution in [3.05, 3.63) is 64.9 Å². The molecule has 0 unspecified atom stereocenters. The van der Waals surface area contributed by atoms with Gasteiger partial charge in [0.25, 0.3) is 11.4 Å². The van der Waals surface area contributed by atoms with E-state index in [2.05, 4.69) is 15.2 Å². The molecule has 0 spiro atoms. The number of amides is 1. The van der Waals surface area contributed by atoms with Gasteiger partial charge in [0.1, 0.15) is 16.8 Å². The van der Waals surface area contributed by atoms with E-state index in [0.29, 0.717) is 16.7 Å². The minimum Gasteiger partial charge on any atom is -0.443 e. The van der Waals surface area contributed by atoms with Crippen LogP contribution in [-0.4, -0.2) is 38.5 Å². The second-order valence-corrected chi connectivity index (χ2v) is 8.31. The molecule has 1 amide bonds. The second-order valence-electron chi connectivity index (χ2n) is 8.31. The second kappa shape index (κ2) is 7.92. The molecule has 0 saturated carbocycles. The molecule has 0 aliphatic heterocycles. The van der Waals surface area contributed by atoms with Crippen molar-refractivity contribution in [2.45, 2.75) is 33.3 Å². The first-order valence-corrected chi connectivity index (χ1v) is 10.0. The summed E-state index contributed by atoms with van der Waals surface area (Å²) in [5.41, 5.74) is 0.929. The summed E-state index contributed by atoms with van der Waals surface area (Å²) in [4.78, 5) is 32.7. The van der Waals surface area contributed by atoms with Crippen LogP contribution >= 0.6 is 0 Å². The average molecular weight is 433 g/mol. The van der Waals surface area contributed by atoms with E-state index in [4.69, 9.17) is 9.15 Å². The van der Waals surface area contributed by atoms with Crippen molar-refractivity contribution in [3.63, 3.8) is 0 Å². The van der Waals surface area contributed by atoms with Gasteiger partial charge in [0.15, 0.2) is 0 Å². The minimum absolute atomic E-state index is 0.00688. The zero-order valence-electron chi connectivity index (χ0n) is 18.5. The number of fused-ring (bicyclic) bond motifs is 1. The van der Waals surface area contributed by atoms with Gasteiger partial charge in [0.05, 0.1) is 11.4 Å². The quantitative estimate of drug-likeness (QED) is 0.479. The van der Waals surface area contributed by atoms with Gasteiger partial charge in [-0.25, -0.2) is 9.78 Å². The van der Waals surface area contributed by atoms with E-state index >= 15 is 0 Å². The van der Waals surface area contributed by atoms with Gasteiger partial charge in [-0.2, -0.15) is 0 Å². The van der Waals surface area contributed by atoms with Crippen molar-refractivity contribution in [2.24, 2.45) is 0 Å². The van der Waals surface area contributed by atoms with Crippen LogP contribution in [0.5, 0.6) is 0 Å². The fourth-order valence-corrected chi connectivity index (χ4v) is 3.40. The predicted molar refractivity (Wildman–Crippen MR) is 120 cm³/mol. The maximum atomic E-state index is 13.8. The Balaban J connectivity index is 2.11. The smallest absolute Gasteiger partial charge is 0.414 e. The summed E-state index contributed by atoms with van der Waals surface area (Å²) in [6.07, 6.45) is 0.508. The first-order valence-electron chi connectivity index (χ1n) is 10.0. The molecule has 9 heteroatoms. The fourth-order valence-electron chi connectivity index (χ4n) is 3.40. The third-order valence-electron chi connectivity index (χ3n) is 4.73. The van der Waals surface area contributed by atoms with Crippen LogP contribution in [0, 0.1) is 6.92 Å². The highest BCUT2D eigenvalue weighted by molar-refractivity contribution is 6.05. The first kappa shape index (κ1) is 21.2. The van der Waals surface area contributed by atoms with Gasteiger partial charge in [-0.05, 0) is 52.0 Å². The number of carbonyl (C=O) groups excluding carboxylic acids is 1. The number of ether oxygens (including phenoxy) is 1. The van der Waals surface area contributed by atoms with Gasteiger partial charge >= 0.3 is 6.09 Å². The third-order valence-corrected chi connectivity index (χ3v) is 4.73. The molecule has 0 fully saturated rings. The van der Waals surface area contributed by atoms with Crippen molar-refractivity contribution >= 4 is 22.8 Å². The Morgan fingerprint density at radius 3 is 2.47 bits per heavy atom. The Kier molecular flexibility index (Phi) is 5.25. The summed E-state index contributed by atoms with van der Waals surface area (Å²) < 4.78 is 12.4. The summed E-state index contributed by atoms with van der Waals surface area (Å²) in [6, 6.07) is 12.8. The fraction of sp³-hybridized carbons (Fsp3) is 0.261. The van der Waals surface area contributed by atoms with Crippen LogP contribution in [0.2, 0.25) is 0 Å². The molecular formula is C23H23N5O4. The number of rotatable bonds is 3. The maximum Gasteiger partial charge on any atom is 0.414 e. The van der Waals surface area contributed by atoms with E-state index in [-0.39, 0.29) is 17.1 Å². The summed E-state index contributed by atoms with van der Waals surface area (Å²) in [6.45, 7) is 7.15. The first-order chi connectivity index (χ1) is 15.2. The lowest BCUT2D eigenvalue weighted by Gasteiger charge is -2.27. The van der Waals surface area contributed by atoms with E-state index < -0.39 is 17.3 Å². The largest absolute Gasteiger partial charge is 0.443 e. The van der Waals surface area contributed by atoms with Gasteiger partial charge in [-0.1, -0.05) is 18.2 Å². The van der Waals surface area contributed by atoms with Crippen LogP contribution in [0.1, 0.15) is 26.5 Å². The highest BCUT2D eigenvalue weighted by atomic mass is 16.6. The molecule has 0 radical (unpaired) electrons. The number of pyridine rings is 2. The molecule has 1 aromatic carbocycles. The van der Waals surface area contributed by atoms with Crippen molar-refractivity contribution in [3.8, 4) is 17.1 Å². The van der Waals surface area contributed by atoms with Crippen LogP contribution < -0.4 is 10.5 Å². The monoisotopic (exact) mass is 433 g/mol. The van der Waals surface area contributed by atoms with Crippen LogP contribution in [0.15, 0.2) is 58.1 Å². The standard InChI is InChI=1S/C23H23N5O4/c1-14-11-12-16-18(27(5)22(30)32-23(2,3)4)17(20-26-24-13-31-20)21(29)28(19(16)25-14)15-9-7-6-8-10-15/h6-13H,1-5H3. The normalized spacial score (nSPS) is 11.5. The molecule has 32 heavy (non-hydrogen) atoms. The van der Waals surface area contributed by atoms with Crippen LogP contribution in [0.25, 0.3) is 28.2 Å². The Morgan fingerprint density at radius 2 is 1.84 bits per heavy atom. The molecule has 3 heterocycles. The number of aryl methyl sites for hydroxylation is 1. The van der Waals surface area contributed by atoms with Crippen LogP contribution in [-0.2, 0) is 4.74 Å². The summed E-state index contributed by atoms with van der Waals surface area (Å²) in [7, 11) is 1.54. The van der Waals surface area contributed by atoms with Gasteiger partial charge in [-0.3, -0.25) is 14.3 Å². The number of carbonyl (C=O) groups is 1. The molecule has 0 saturated heterocycles. The number of benzene rings is 1. The lowest BCUT2D eigenvalue weighted by molar-refractivity contribution is 0.0590. The third kappa shape index (κ3) is 3.84. The number of hydrogen-bond donors (Lipinski definition) is 0. The van der Waals surface area contributed by atoms with E-state index in [1.807, 2.05) is 37.3 Å². The van der Waals surface area contributed by atoms with E-state index in [1.165, 1.54) is 16.5 Å². The topological polar surface area (TPSA) is 103 Å². The van der Waals surface area contributed by atoms with Crippen molar-refractivity contribution in [2.75, 3.05) is 11.9 Å². The molecule has 0 bridgehead atoms. The SMILES string of the molecule is Cc1ccc2c(N(C)C(=O)OC(C)(C)C)c(-c3nnco3)c(=O)n(-c3ccccc3)c2n1. The highest BCUT2D eigenvalue weighted by Crippen LogP contribution is 2.35. The number of nitrogens with zero attached hydrogens (tertiary/aromatic N) is 5. The van der Waals surface area contributed by atoms with Gasteiger partial charge in [0, 0.05) is 18.1 Å². The van der Waals surface area contributed by atoms with Crippen molar-refractivity contribution in [1.29, 1.82) is 0 Å². The van der Waals surface area contributed by atoms with Gasteiger partial charge in [0.2, 0.25) is 6.39 Å². The zero-order chi connectivity index (χ0) is 23.0. The summed E-state index contributed by atoms with van der Waals surface area (Å²) in [5.74, 6) is -0.00688. The Bertz CT molecular complexity index is 1340. The summed E-state index contributed by atoms with van der Waals surface area (Å²) >= 11 is 0. The molecule has 0 aliphatic carbocycles. The predicted octanol–water partition coefficient (Wildman–Crippen LogP) is 4.12. The van der Waals surface area contributed by atoms with Crippen molar-refractivity contribution in [1.82, 2.24) is 19.7 Å². The molecule has 4 aromatic rings. The Hall–Kier alpha value is -4.01. The van der Waals surface area contributed by atoms with E-state index in [9.17, 15) is 9.59 Å². The molecule has 4 rings (SSSR count). The molecular weight excluding hydrogens is 410 g/mol. The van der Waals surface area contributed by atoms with E-state index in [1.54, 1.807) is 32.9 Å². The molecule has 0 N–H and O–H groups in total. The Labute approximate surface area is 184 Å². The average Bonchev–Trinajstić information content (AvgIpc) is 3.26. The lowest BCUT2D eigenvalue weighted by Crippen LogP contribution is -2.36. The van der Waals surface area contributed by atoms with Crippen LogP contribution in [0.3, 0.4) is 0 Å². The number of hydrogen-bond acceptors (Lipinski definition) is 7. The molecule has 164 valence electrons. The van der Waals surface area contributed by atoms with Gasteiger partial charge < -0.3 is 9.15 Å². The zero-order valence-corrected chi connectivity index (χ0v) is 18.5.